The Morgan fingerprint density at radius 2 is 1.92 bits per heavy atom. The molecule has 1 saturated heterocycles. The second kappa shape index (κ2) is 3.33. The Labute approximate surface area is 74.9 Å². The molecule has 0 bridgehead atoms. The van der Waals surface area contributed by atoms with Crippen LogP contribution >= 0.6 is 0 Å². The minimum Gasteiger partial charge on any atom is -0.296 e. The van der Waals surface area contributed by atoms with Gasteiger partial charge in [-0.25, -0.2) is 4.39 Å². The van der Waals surface area contributed by atoms with E-state index in [2.05, 4.69) is 25.7 Å². The van der Waals surface area contributed by atoms with E-state index in [9.17, 15) is 4.39 Å². The fourth-order valence-corrected chi connectivity index (χ4v) is 1.63. The maximum Gasteiger partial charge on any atom is 0.115 e. The van der Waals surface area contributed by atoms with Gasteiger partial charge in [-0.1, -0.05) is 6.92 Å². The molecule has 2 unspecified atom stereocenters. The van der Waals surface area contributed by atoms with Gasteiger partial charge < -0.3 is 0 Å². The predicted octanol–water partition coefficient (Wildman–Crippen LogP) is 2.46. The summed E-state index contributed by atoms with van der Waals surface area (Å²) in [5, 5.41) is 0. The summed E-state index contributed by atoms with van der Waals surface area (Å²) in [7, 11) is 0. The Kier molecular flexibility index (Phi) is 2.77. The smallest absolute Gasteiger partial charge is 0.115 e. The first-order valence-corrected chi connectivity index (χ1v) is 4.80. The van der Waals surface area contributed by atoms with Gasteiger partial charge >= 0.3 is 0 Å². The normalized spacial score (nSPS) is 33.8. The number of alkyl halides is 1. The Balaban J connectivity index is 2.51. The summed E-state index contributed by atoms with van der Waals surface area (Å²) in [6.07, 6.45) is 0.372. The first kappa shape index (κ1) is 9.97. The van der Waals surface area contributed by atoms with Crippen LogP contribution in [0.3, 0.4) is 0 Å². The number of rotatable bonds is 0. The number of nitrogens with zero attached hydrogens (tertiary/aromatic N) is 1. The van der Waals surface area contributed by atoms with E-state index in [4.69, 9.17) is 0 Å². The lowest BCUT2D eigenvalue weighted by atomic mass is 9.93. The summed E-state index contributed by atoms with van der Waals surface area (Å²) < 4.78 is 13.3. The molecule has 2 atom stereocenters. The zero-order chi connectivity index (χ0) is 9.35. The molecule has 1 fully saturated rings. The van der Waals surface area contributed by atoms with Crippen LogP contribution in [-0.2, 0) is 0 Å². The fraction of sp³-hybridized carbons (Fsp3) is 1.00. The van der Waals surface area contributed by atoms with Gasteiger partial charge in [-0.15, -0.1) is 0 Å². The molecule has 1 aliphatic heterocycles. The van der Waals surface area contributed by atoms with Crippen LogP contribution in [0.15, 0.2) is 0 Å². The standard InChI is InChI=1S/C10H20FN/c1-8-5-6-12(7-9(8)11)10(2,3)4/h8-9H,5-7H2,1-4H3. The van der Waals surface area contributed by atoms with Crippen molar-refractivity contribution in [3.8, 4) is 0 Å². The summed E-state index contributed by atoms with van der Waals surface area (Å²) in [5.74, 6) is 0.253. The molecule has 0 N–H and O–H groups in total. The SMILES string of the molecule is CC1CCN(C(C)(C)C)CC1F. The van der Waals surface area contributed by atoms with E-state index in [1.54, 1.807) is 0 Å². The Morgan fingerprint density at radius 3 is 2.33 bits per heavy atom. The molecule has 0 amide bonds. The van der Waals surface area contributed by atoms with Gasteiger partial charge in [-0.05, 0) is 39.7 Å². The van der Waals surface area contributed by atoms with Crippen molar-refractivity contribution in [2.24, 2.45) is 5.92 Å². The Bertz CT molecular complexity index is 150. The first-order chi connectivity index (χ1) is 5.41. The van der Waals surface area contributed by atoms with Gasteiger partial charge in [-0.3, -0.25) is 4.90 Å². The Morgan fingerprint density at radius 1 is 1.33 bits per heavy atom. The molecule has 1 nitrogen and oxygen atoms in total. The monoisotopic (exact) mass is 173 g/mol. The van der Waals surface area contributed by atoms with Crippen LogP contribution in [0, 0.1) is 5.92 Å². The van der Waals surface area contributed by atoms with Crippen LogP contribution < -0.4 is 0 Å². The topological polar surface area (TPSA) is 3.24 Å². The van der Waals surface area contributed by atoms with Crippen molar-refractivity contribution in [1.82, 2.24) is 4.90 Å². The van der Waals surface area contributed by atoms with Gasteiger partial charge in [0.1, 0.15) is 6.17 Å². The highest BCUT2D eigenvalue weighted by Crippen LogP contribution is 2.25. The van der Waals surface area contributed by atoms with Crippen LogP contribution in [0.25, 0.3) is 0 Å². The minimum atomic E-state index is -0.627. The quantitative estimate of drug-likeness (QED) is 0.544. The molecule has 0 aliphatic carbocycles. The molecule has 0 saturated carbocycles. The van der Waals surface area contributed by atoms with Gasteiger partial charge in [0, 0.05) is 12.1 Å². The third kappa shape index (κ3) is 2.19. The van der Waals surface area contributed by atoms with Gasteiger partial charge in [-0.2, -0.15) is 0 Å². The van der Waals surface area contributed by atoms with Gasteiger partial charge in [0.15, 0.2) is 0 Å². The van der Waals surface area contributed by atoms with Crippen molar-refractivity contribution < 1.29 is 4.39 Å². The molecular weight excluding hydrogens is 153 g/mol. The average Bonchev–Trinajstić information content (AvgIpc) is 1.92. The zero-order valence-corrected chi connectivity index (χ0v) is 8.60. The largest absolute Gasteiger partial charge is 0.296 e. The fourth-order valence-electron chi connectivity index (χ4n) is 1.63. The number of likely N-dealkylation sites (tertiary alicyclic amines) is 1. The molecule has 0 spiro atoms. The van der Waals surface area contributed by atoms with E-state index in [1.807, 2.05) is 6.92 Å². The van der Waals surface area contributed by atoms with E-state index in [0.717, 1.165) is 13.0 Å². The molecule has 72 valence electrons. The predicted molar refractivity (Wildman–Crippen MR) is 50.0 cm³/mol. The molecule has 1 heterocycles. The summed E-state index contributed by atoms with van der Waals surface area (Å²) >= 11 is 0. The van der Waals surface area contributed by atoms with Crippen molar-refractivity contribution >= 4 is 0 Å². The maximum atomic E-state index is 13.3. The van der Waals surface area contributed by atoms with Crippen LogP contribution in [0.1, 0.15) is 34.1 Å². The molecule has 1 rings (SSSR count). The molecule has 0 aromatic rings. The van der Waals surface area contributed by atoms with Crippen LogP contribution in [0.4, 0.5) is 4.39 Å². The molecule has 2 heteroatoms. The number of hydrogen-bond acceptors (Lipinski definition) is 1. The van der Waals surface area contributed by atoms with Crippen LogP contribution in [0.5, 0.6) is 0 Å². The third-order valence-corrected chi connectivity index (χ3v) is 2.82. The van der Waals surface area contributed by atoms with Gasteiger partial charge in [0.2, 0.25) is 0 Å². The van der Waals surface area contributed by atoms with E-state index < -0.39 is 6.17 Å². The van der Waals surface area contributed by atoms with Crippen molar-refractivity contribution in [2.75, 3.05) is 13.1 Å². The highest BCUT2D eigenvalue weighted by molar-refractivity contribution is 4.85. The highest BCUT2D eigenvalue weighted by atomic mass is 19.1. The number of piperidine rings is 1. The lowest BCUT2D eigenvalue weighted by molar-refractivity contribution is 0.0337. The lowest BCUT2D eigenvalue weighted by Gasteiger charge is -2.41. The van der Waals surface area contributed by atoms with Crippen molar-refractivity contribution in [2.45, 2.75) is 45.8 Å². The van der Waals surface area contributed by atoms with E-state index in [0.29, 0.717) is 6.54 Å². The second-order valence-corrected chi connectivity index (χ2v) is 4.90. The minimum absolute atomic E-state index is 0.129. The van der Waals surface area contributed by atoms with Gasteiger partial charge in [0.05, 0.1) is 0 Å². The molecule has 0 radical (unpaired) electrons. The summed E-state index contributed by atoms with van der Waals surface area (Å²) in [5.41, 5.74) is 0.129. The van der Waals surface area contributed by atoms with Gasteiger partial charge in [0.25, 0.3) is 0 Å². The molecule has 1 aliphatic rings. The molecule has 0 aromatic heterocycles. The number of halogens is 1. The summed E-state index contributed by atoms with van der Waals surface area (Å²) in [6.45, 7) is 10.1. The van der Waals surface area contributed by atoms with E-state index in [-0.39, 0.29) is 11.5 Å². The summed E-state index contributed by atoms with van der Waals surface area (Å²) in [6, 6.07) is 0. The van der Waals surface area contributed by atoms with Crippen LogP contribution in [-0.4, -0.2) is 29.7 Å². The molecule has 0 aromatic carbocycles. The van der Waals surface area contributed by atoms with Crippen molar-refractivity contribution in [3.05, 3.63) is 0 Å². The second-order valence-electron chi connectivity index (χ2n) is 4.90. The third-order valence-electron chi connectivity index (χ3n) is 2.82. The van der Waals surface area contributed by atoms with Crippen molar-refractivity contribution in [3.63, 3.8) is 0 Å². The van der Waals surface area contributed by atoms with E-state index in [1.165, 1.54) is 0 Å². The number of hydrogen-bond donors (Lipinski definition) is 0. The summed E-state index contributed by atoms with van der Waals surface area (Å²) in [4.78, 5) is 2.23. The molecule has 12 heavy (non-hydrogen) atoms. The maximum absolute atomic E-state index is 13.3. The van der Waals surface area contributed by atoms with Crippen molar-refractivity contribution in [1.29, 1.82) is 0 Å². The zero-order valence-electron chi connectivity index (χ0n) is 8.60. The average molecular weight is 173 g/mol. The molecular formula is C10H20FN. The van der Waals surface area contributed by atoms with E-state index >= 15 is 0 Å². The Hall–Kier alpha value is -0.110. The first-order valence-electron chi connectivity index (χ1n) is 4.80. The highest BCUT2D eigenvalue weighted by Gasteiger charge is 2.31. The van der Waals surface area contributed by atoms with Crippen LogP contribution in [0.2, 0.25) is 0 Å². The lowest BCUT2D eigenvalue weighted by Crippen LogP contribution is -2.50.